The number of nitrogens with one attached hydrogen (secondary N) is 2. The van der Waals surface area contributed by atoms with Gasteiger partial charge < -0.3 is 15.4 Å². The van der Waals surface area contributed by atoms with E-state index >= 15 is 0 Å². The van der Waals surface area contributed by atoms with Crippen molar-refractivity contribution in [3.05, 3.63) is 58.6 Å². The van der Waals surface area contributed by atoms with Crippen LogP contribution in [0.15, 0.2) is 48.5 Å². The van der Waals surface area contributed by atoms with Crippen LogP contribution in [0.5, 0.6) is 5.75 Å². The molecule has 0 aromatic heterocycles. The summed E-state index contributed by atoms with van der Waals surface area (Å²) in [6, 6.07) is 12.1. The van der Waals surface area contributed by atoms with Crippen LogP contribution in [0.2, 0.25) is 0 Å². The zero-order valence-electron chi connectivity index (χ0n) is 13.7. The Bertz CT molecular complexity index is 772. The zero-order valence-corrected chi connectivity index (χ0v) is 13.7. The Morgan fingerprint density at radius 2 is 1.52 bits per heavy atom. The zero-order chi connectivity index (χ0) is 18.4. The van der Waals surface area contributed by atoms with Crippen LogP contribution < -0.4 is 15.4 Å². The number of non-ortho nitro benzene ring substituents is 1. The first-order chi connectivity index (χ1) is 11.8. The third kappa shape index (κ3) is 5.31. The van der Waals surface area contributed by atoms with E-state index in [2.05, 4.69) is 10.6 Å². The van der Waals surface area contributed by atoms with E-state index in [1.807, 2.05) is 0 Å². The smallest absolute Gasteiger partial charge is 0.269 e. The van der Waals surface area contributed by atoms with Crippen molar-refractivity contribution in [1.82, 2.24) is 0 Å². The third-order valence-electron chi connectivity index (χ3n) is 3.20. The number of benzene rings is 2. The lowest BCUT2D eigenvalue weighted by Gasteiger charge is -2.15. The van der Waals surface area contributed by atoms with Gasteiger partial charge in [-0.1, -0.05) is 0 Å². The van der Waals surface area contributed by atoms with Gasteiger partial charge in [0.25, 0.3) is 11.6 Å². The second-order valence-electron chi connectivity index (χ2n) is 5.26. The van der Waals surface area contributed by atoms with Crippen LogP contribution in [-0.2, 0) is 9.59 Å². The Kier molecular flexibility index (Phi) is 5.67. The summed E-state index contributed by atoms with van der Waals surface area (Å²) in [6.45, 7) is 2.98. The summed E-state index contributed by atoms with van der Waals surface area (Å²) in [4.78, 5) is 33.2. The molecular formula is C17H17N3O5. The average molecular weight is 343 g/mol. The third-order valence-corrected chi connectivity index (χ3v) is 3.20. The molecule has 2 N–H and O–H groups in total. The normalized spacial score (nSPS) is 11.3. The Labute approximate surface area is 144 Å². The lowest BCUT2D eigenvalue weighted by Crippen LogP contribution is -2.30. The quantitative estimate of drug-likeness (QED) is 0.619. The Morgan fingerprint density at radius 1 is 1.00 bits per heavy atom. The predicted molar refractivity (Wildman–Crippen MR) is 92.6 cm³/mol. The first-order valence-corrected chi connectivity index (χ1v) is 7.45. The molecule has 2 aromatic carbocycles. The van der Waals surface area contributed by atoms with Gasteiger partial charge in [-0.15, -0.1) is 0 Å². The monoisotopic (exact) mass is 343 g/mol. The van der Waals surface area contributed by atoms with Gasteiger partial charge in [0, 0.05) is 30.4 Å². The van der Waals surface area contributed by atoms with Crippen molar-refractivity contribution in [3.8, 4) is 5.75 Å². The number of hydrogen-bond acceptors (Lipinski definition) is 5. The largest absolute Gasteiger partial charge is 0.481 e. The number of nitrogens with zero attached hydrogens (tertiary/aromatic N) is 1. The molecule has 8 heteroatoms. The topological polar surface area (TPSA) is 111 Å². The highest BCUT2D eigenvalue weighted by atomic mass is 16.6. The van der Waals surface area contributed by atoms with E-state index in [1.165, 1.54) is 31.2 Å². The summed E-state index contributed by atoms with van der Waals surface area (Å²) in [5, 5.41) is 15.9. The summed E-state index contributed by atoms with van der Waals surface area (Å²) in [5.74, 6) is -0.193. The summed E-state index contributed by atoms with van der Waals surface area (Å²) in [7, 11) is 0. The Hall–Kier alpha value is -3.42. The van der Waals surface area contributed by atoms with Gasteiger partial charge in [0.15, 0.2) is 6.10 Å². The van der Waals surface area contributed by atoms with E-state index in [1.54, 1.807) is 31.2 Å². The van der Waals surface area contributed by atoms with Crippen LogP contribution in [0.3, 0.4) is 0 Å². The average Bonchev–Trinajstić information content (AvgIpc) is 2.56. The van der Waals surface area contributed by atoms with Crippen molar-refractivity contribution in [3.63, 3.8) is 0 Å². The molecule has 0 aliphatic rings. The maximum Gasteiger partial charge on any atom is 0.269 e. The molecule has 0 radical (unpaired) electrons. The van der Waals surface area contributed by atoms with Crippen molar-refractivity contribution >= 4 is 28.9 Å². The lowest BCUT2D eigenvalue weighted by atomic mass is 10.2. The molecule has 0 saturated heterocycles. The summed E-state index contributed by atoms with van der Waals surface area (Å²) < 4.78 is 5.47. The molecule has 130 valence electrons. The molecule has 2 aromatic rings. The van der Waals surface area contributed by atoms with Crippen molar-refractivity contribution in [2.75, 3.05) is 10.6 Å². The highest BCUT2D eigenvalue weighted by Gasteiger charge is 2.15. The minimum atomic E-state index is -0.795. The lowest BCUT2D eigenvalue weighted by molar-refractivity contribution is -0.384. The number of anilines is 2. The van der Waals surface area contributed by atoms with Gasteiger partial charge in [-0.2, -0.15) is 0 Å². The SMILES string of the molecule is CC(=O)Nc1ccc(NC(=O)C(C)Oc2ccc([N+](=O)[O-])cc2)cc1. The number of hydrogen-bond donors (Lipinski definition) is 2. The van der Waals surface area contributed by atoms with Crippen LogP contribution in [0, 0.1) is 10.1 Å². The number of nitro groups is 1. The standard InChI is InChI=1S/C17H17N3O5/c1-11(25-16-9-7-15(8-10-16)20(23)24)17(22)19-14-5-3-13(4-6-14)18-12(2)21/h3-11H,1-2H3,(H,18,21)(H,19,22). The second kappa shape index (κ2) is 7.91. The van der Waals surface area contributed by atoms with Crippen molar-refractivity contribution in [2.24, 2.45) is 0 Å². The van der Waals surface area contributed by atoms with Crippen molar-refractivity contribution < 1.29 is 19.2 Å². The fraction of sp³-hybridized carbons (Fsp3) is 0.176. The van der Waals surface area contributed by atoms with Gasteiger partial charge in [0.2, 0.25) is 5.91 Å². The molecule has 1 unspecified atom stereocenters. The molecular weight excluding hydrogens is 326 g/mol. The van der Waals surface area contributed by atoms with E-state index in [0.29, 0.717) is 17.1 Å². The van der Waals surface area contributed by atoms with Crippen LogP contribution in [0.1, 0.15) is 13.8 Å². The minimum absolute atomic E-state index is 0.0521. The minimum Gasteiger partial charge on any atom is -0.481 e. The van der Waals surface area contributed by atoms with E-state index in [-0.39, 0.29) is 17.5 Å². The first-order valence-electron chi connectivity index (χ1n) is 7.45. The molecule has 2 rings (SSSR count). The first kappa shape index (κ1) is 17.9. The van der Waals surface area contributed by atoms with Crippen LogP contribution in [0.25, 0.3) is 0 Å². The molecule has 0 aliphatic carbocycles. The van der Waals surface area contributed by atoms with Gasteiger partial charge >= 0.3 is 0 Å². The van der Waals surface area contributed by atoms with Crippen LogP contribution in [0.4, 0.5) is 17.1 Å². The number of carbonyl (C=O) groups excluding carboxylic acids is 2. The van der Waals surface area contributed by atoms with Gasteiger partial charge in [0.05, 0.1) is 4.92 Å². The Balaban J connectivity index is 1.93. The highest BCUT2D eigenvalue weighted by molar-refractivity contribution is 5.94. The fourth-order valence-electron chi connectivity index (χ4n) is 1.99. The van der Waals surface area contributed by atoms with E-state index in [0.717, 1.165) is 0 Å². The predicted octanol–water partition coefficient (Wildman–Crippen LogP) is 2.96. The number of nitro benzene ring substituents is 1. The number of carbonyl (C=O) groups is 2. The van der Waals surface area contributed by atoms with Gasteiger partial charge in [0.1, 0.15) is 5.75 Å². The summed E-state index contributed by atoms with van der Waals surface area (Å²) in [5.41, 5.74) is 1.13. The molecule has 2 amide bonds. The molecule has 25 heavy (non-hydrogen) atoms. The highest BCUT2D eigenvalue weighted by Crippen LogP contribution is 2.19. The molecule has 0 heterocycles. The van der Waals surface area contributed by atoms with Gasteiger partial charge in [-0.25, -0.2) is 0 Å². The fourth-order valence-corrected chi connectivity index (χ4v) is 1.99. The van der Waals surface area contributed by atoms with E-state index in [4.69, 9.17) is 4.74 Å². The van der Waals surface area contributed by atoms with Gasteiger partial charge in [-0.3, -0.25) is 19.7 Å². The molecule has 1 atom stereocenters. The van der Waals surface area contributed by atoms with Crippen molar-refractivity contribution in [1.29, 1.82) is 0 Å². The molecule has 0 bridgehead atoms. The number of ether oxygens (including phenoxy) is 1. The number of amides is 2. The molecule has 0 aliphatic heterocycles. The van der Waals surface area contributed by atoms with Crippen LogP contribution >= 0.6 is 0 Å². The van der Waals surface area contributed by atoms with E-state index in [9.17, 15) is 19.7 Å². The molecule has 0 spiro atoms. The summed E-state index contributed by atoms with van der Waals surface area (Å²) >= 11 is 0. The second-order valence-corrected chi connectivity index (χ2v) is 5.26. The summed E-state index contributed by atoms with van der Waals surface area (Å²) in [6.07, 6.45) is -0.795. The molecule has 0 fully saturated rings. The maximum atomic E-state index is 12.1. The molecule has 8 nitrogen and oxygen atoms in total. The van der Waals surface area contributed by atoms with E-state index < -0.39 is 11.0 Å². The van der Waals surface area contributed by atoms with Crippen LogP contribution in [-0.4, -0.2) is 22.8 Å². The Morgan fingerprint density at radius 3 is 2.00 bits per heavy atom. The molecule has 0 saturated carbocycles. The van der Waals surface area contributed by atoms with Crippen molar-refractivity contribution in [2.45, 2.75) is 20.0 Å². The number of rotatable bonds is 6. The maximum absolute atomic E-state index is 12.1. The van der Waals surface area contributed by atoms with Gasteiger partial charge in [-0.05, 0) is 43.3 Å².